The summed E-state index contributed by atoms with van der Waals surface area (Å²) in [5.41, 5.74) is 4.38. The Morgan fingerprint density at radius 2 is 1.90 bits per heavy atom. The van der Waals surface area contributed by atoms with Gasteiger partial charge in [0.15, 0.2) is 0 Å². The highest BCUT2D eigenvalue weighted by molar-refractivity contribution is 5.81. The molecule has 0 unspecified atom stereocenters. The first-order chi connectivity index (χ1) is 10.4. The normalized spacial score (nSPS) is 10.5. The molecule has 0 aliphatic carbocycles. The number of aromatic nitrogens is 2. The van der Waals surface area contributed by atoms with Gasteiger partial charge in [-0.15, -0.1) is 0 Å². The summed E-state index contributed by atoms with van der Waals surface area (Å²) in [5.74, 6) is 0. The average molecular weight is 278 g/mol. The van der Waals surface area contributed by atoms with Crippen molar-refractivity contribution in [3.8, 4) is 0 Å². The molecule has 0 aliphatic rings. The van der Waals surface area contributed by atoms with Crippen molar-refractivity contribution in [3.63, 3.8) is 0 Å². The van der Waals surface area contributed by atoms with Crippen LogP contribution in [0.5, 0.6) is 0 Å². The number of nitrogens with zero attached hydrogens (tertiary/aromatic N) is 2. The van der Waals surface area contributed by atoms with Gasteiger partial charge in [-0.25, -0.2) is 0 Å². The van der Waals surface area contributed by atoms with Crippen LogP contribution in [0.1, 0.15) is 5.56 Å². The fraction of sp³-hybridized carbons (Fsp3) is 0.176. The maximum Gasteiger partial charge on any atom is 0.0734 e. The number of fused-ring (bicyclic) bond motifs is 1. The molecule has 0 radical (unpaired) electrons. The van der Waals surface area contributed by atoms with Crippen LogP contribution in [0.4, 0.5) is 11.4 Å². The zero-order chi connectivity index (χ0) is 14.5. The Hall–Kier alpha value is -2.62. The molecular weight excluding hydrogens is 260 g/mol. The number of hydrogen-bond donors (Lipinski definition) is 2. The Morgan fingerprint density at radius 1 is 1.05 bits per heavy atom. The maximum atomic E-state index is 4.48. The molecule has 0 fully saturated rings. The zero-order valence-electron chi connectivity index (χ0n) is 12.0. The SMILES string of the molecule is CNc1cncc(NCCc2cccc3cccnc23)c1. The van der Waals surface area contributed by atoms with Crippen molar-refractivity contribution in [3.05, 3.63) is 60.6 Å². The molecular formula is C17H18N4. The first-order valence-electron chi connectivity index (χ1n) is 7.06. The summed E-state index contributed by atoms with van der Waals surface area (Å²) in [6, 6.07) is 12.4. The Labute approximate surface area is 124 Å². The minimum atomic E-state index is 0.852. The van der Waals surface area contributed by atoms with Crippen molar-refractivity contribution in [2.75, 3.05) is 24.2 Å². The Kier molecular flexibility index (Phi) is 3.96. The Bertz CT molecular complexity index is 734. The van der Waals surface area contributed by atoms with Gasteiger partial charge in [0.1, 0.15) is 0 Å². The highest BCUT2D eigenvalue weighted by Gasteiger charge is 2.02. The minimum Gasteiger partial charge on any atom is -0.387 e. The lowest BCUT2D eigenvalue weighted by Gasteiger charge is -2.09. The van der Waals surface area contributed by atoms with Crippen LogP contribution in [-0.2, 0) is 6.42 Å². The number of rotatable bonds is 5. The van der Waals surface area contributed by atoms with E-state index in [1.165, 1.54) is 10.9 Å². The summed E-state index contributed by atoms with van der Waals surface area (Å²) in [6.45, 7) is 0.852. The topological polar surface area (TPSA) is 49.8 Å². The number of benzene rings is 1. The van der Waals surface area contributed by atoms with Crippen LogP contribution in [-0.4, -0.2) is 23.6 Å². The number of hydrogen-bond acceptors (Lipinski definition) is 4. The molecule has 0 bridgehead atoms. The van der Waals surface area contributed by atoms with Crippen LogP contribution >= 0.6 is 0 Å². The van der Waals surface area contributed by atoms with Crippen molar-refractivity contribution in [2.45, 2.75) is 6.42 Å². The smallest absolute Gasteiger partial charge is 0.0734 e. The highest BCUT2D eigenvalue weighted by Crippen LogP contribution is 2.17. The lowest BCUT2D eigenvalue weighted by Crippen LogP contribution is -2.06. The summed E-state index contributed by atoms with van der Waals surface area (Å²) in [7, 11) is 1.89. The third kappa shape index (κ3) is 3.11. The molecule has 2 N–H and O–H groups in total. The molecule has 0 saturated carbocycles. The molecule has 4 heteroatoms. The molecule has 106 valence electrons. The van der Waals surface area contributed by atoms with E-state index in [1.54, 1.807) is 6.20 Å². The minimum absolute atomic E-state index is 0.852. The lowest BCUT2D eigenvalue weighted by atomic mass is 10.1. The first-order valence-corrected chi connectivity index (χ1v) is 7.06. The molecule has 0 spiro atoms. The number of anilines is 2. The predicted octanol–water partition coefficient (Wildman–Crippen LogP) is 3.33. The van der Waals surface area contributed by atoms with Gasteiger partial charge in [0.05, 0.1) is 29.3 Å². The van der Waals surface area contributed by atoms with E-state index in [2.05, 4.69) is 44.9 Å². The van der Waals surface area contributed by atoms with E-state index < -0.39 is 0 Å². The van der Waals surface area contributed by atoms with Crippen molar-refractivity contribution in [1.29, 1.82) is 0 Å². The second-order valence-electron chi connectivity index (χ2n) is 4.88. The summed E-state index contributed by atoms with van der Waals surface area (Å²) in [6.07, 6.45) is 6.42. The Balaban J connectivity index is 1.69. The van der Waals surface area contributed by atoms with Crippen LogP contribution in [0.25, 0.3) is 10.9 Å². The standard InChI is InChI=1S/C17H18N4/c1-18-15-10-16(12-19-11-15)20-9-7-14-5-2-4-13-6-3-8-21-17(13)14/h2-6,8,10-12,18,20H,7,9H2,1H3. The van der Waals surface area contributed by atoms with Crippen LogP contribution in [0, 0.1) is 0 Å². The highest BCUT2D eigenvalue weighted by atomic mass is 14.9. The predicted molar refractivity (Wildman–Crippen MR) is 87.7 cm³/mol. The quantitative estimate of drug-likeness (QED) is 0.751. The van der Waals surface area contributed by atoms with E-state index in [0.717, 1.165) is 29.9 Å². The molecule has 0 aliphatic heterocycles. The monoisotopic (exact) mass is 278 g/mol. The molecule has 4 nitrogen and oxygen atoms in total. The summed E-state index contributed by atoms with van der Waals surface area (Å²) in [5, 5.41) is 7.68. The molecule has 3 aromatic rings. The van der Waals surface area contributed by atoms with Crippen molar-refractivity contribution < 1.29 is 0 Å². The van der Waals surface area contributed by atoms with E-state index in [1.807, 2.05) is 31.6 Å². The average Bonchev–Trinajstić information content (AvgIpc) is 2.55. The van der Waals surface area contributed by atoms with Gasteiger partial charge < -0.3 is 10.6 Å². The first kappa shape index (κ1) is 13.4. The summed E-state index contributed by atoms with van der Waals surface area (Å²) in [4.78, 5) is 8.68. The number of nitrogens with one attached hydrogen (secondary N) is 2. The van der Waals surface area contributed by atoms with Crippen molar-refractivity contribution in [1.82, 2.24) is 9.97 Å². The van der Waals surface area contributed by atoms with E-state index in [-0.39, 0.29) is 0 Å². The molecule has 0 amide bonds. The van der Waals surface area contributed by atoms with Crippen molar-refractivity contribution in [2.24, 2.45) is 0 Å². The van der Waals surface area contributed by atoms with E-state index in [9.17, 15) is 0 Å². The van der Waals surface area contributed by atoms with Crippen LogP contribution in [0.3, 0.4) is 0 Å². The van der Waals surface area contributed by atoms with E-state index in [0.29, 0.717) is 0 Å². The van der Waals surface area contributed by atoms with Crippen LogP contribution < -0.4 is 10.6 Å². The van der Waals surface area contributed by atoms with Gasteiger partial charge in [0.25, 0.3) is 0 Å². The zero-order valence-corrected chi connectivity index (χ0v) is 12.0. The van der Waals surface area contributed by atoms with E-state index >= 15 is 0 Å². The van der Waals surface area contributed by atoms with Gasteiger partial charge >= 0.3 is 0 Å². The van der Waals surface area contributed by atoms with Crippen LogP contribution in [0.15, 0.2) is 55.0 Å². The fourth-order valence-electron chi connectivity index (χ4n) is 2.38. The Morgan fingerprint density at radius 3 is 2.81 bits per heavy atom. The summed E-state index contributed by atoms with van der Waals surface area (Å²) < 4.78 is 0. The number of para-hydroxylation sites is 1. The number of pyridine rings is 2. The van der Waals surface area contributed by atoms with Gasteiger partial charge in [-0.1, -0.05) is 24.3 Å². The molecule has 0 saturated heterocycles. The fourth-order valence-corrected chi connectivity index (χ4v) is 2.38. The molecule has 21 heavy (non-hydrogen) atoms. The molecule has 1 aromatic carbocycles. The van der Waals surface area contributed by atoms with Crippen molar-refractivity contribution >= 4 is 22.3 Å². The molecule has 3 rings (SSSR count). The van der Waals surface area contributed by atoms with Gasteiger partial charge in [0, 0.05) is 25.2 Å². The largest absolute Gasteiger partial charge is 0.387 e. The van der Waals surface area contributed by atoms with Gasteiger partial charge in [0.2, 0.25) is 0 Å². The second kappa shape index (κ2) is 6.22. The second-order valence-corrected chi connectivity index (χ2v) is 4.88. The summed E-state index contributed by atoms with van der Waals surface area (Å²) >= 11 is 0. The third-order valence-electron chi connectivity index (χ3n) is 3.47. The van der Waals surface area contributed by atoms with Gasteiger partial charge in [-0.05, 0) is 24.1 Å². The third-order valence-corrected chi connectivity index (χ3v) is 3.47. The van der Waals surface area contributed by atoms with Gasteiger partial charge in [-0.3, -0.25) is 9.97 Å². The molecule has 2 heterocycles. The van der Waals surface area contributed by atoms with E-state index in [4.69, 9.17) is 0 Å². The van der Waals surface area contributed by atoms with Gasteiger partial charge in [-0.2, -0.15) is 0 Å². The lowest BCUT2D eigenvalue weighted by molar-refractivity contribution is 1.02. The molecule has 0 atom stereocenters. The van der Waals surface area contributed by atoms with Crippen LogP contribution in [0.2, 0.25) is 0 Å². The molecule has 2 aromatic heterocycles. The maximum absolute atomic E-state index is 4.48.